The van der Waals surface area contributed by atoms with Crippen LogP contribution in [0.2, 0.25) is 0 Å². The predicted molar refractivity (Wildman–Crippen MR) is 85.0 cm³/mol. The van der Waals surface area contributed by atoms with Crippen molar-refractivity contribution in [2.24, 2.45) is 23.5 Å². The highest BCUT2D eigenvalue weighted by Gasteiger charge is 2.37. The number of nitrogens with one attached hydrogen (secondary N) is 1. The molecule has 2 amide bonds. The van der Waals surface area contributed by atoms with Crippen molar-refractivity contribution in [3.05, 3.63) is 0 Å². The first kappa shape index (κ1) is 15.8. The topological polar surface area (TPSA) is 75.4 Å². The maximum atomic E-state index is 12.6. The fourth-order valence-corrected chi connectivity index (χ4v) is 3.96. The summed E-state index contributed by atoms with van der Waals surface area (Å²) in [5.41, 5.74) is 5.85. The lowest BCUT2D eigenvalue weighted by Crippen LogP contribution is -2.51. The van der Waals surface area contributed by atoms with Crippen LogP contribution in [0.15, 0.2) is 0 Å². The van der Waals surface area contributed by atoms with Gasteiger partial charge in [0.05, 0.1) is 5.92 Å². The van der Waals surface area contributed by atoms with Crippen LogP contribution < -0.4 is 11.1 Å². The second-order valence-electron chi connectivity index (χ2n) is 7.29. The first-order valence-electron chi connectivity index (χ1n) is 8.98. The Balaban J connectivity index is 1.53. The molecule has 1 aliphatic heterocycles. The number of nitrogens with zero attached hydrogens (tertiary/aromatic N) is 1. The Kier molecular flexibility index (Phi) is 5.01. The van der Waals surface area contributed by atoms with Gasteiger partial charge in [0.25, 0.3) is 0 Å². The molecular weight excluding hydrogens is 278 g/mol. The lowest BCUT2D eigenvalue weighted by molar-refractivity contribution is -0.137. The van der Waals surface area contributed by atoms with Crippen molar-refractivity contribution in [3.63, 3.8) is 0 Å². The Bertz CT molecular complexity index is 422. The number of hydrogen-bond acceptors (Lipinski definition) is 3. The van der Waals surface area contributed by atoms with Crippen LogP contribution in [0, 0.1) is 17.8 Å². The Morgan fingerprint density at radius 2 is 1.77 bits per heavy atom. The van der Waals surface area contributed by atoms with E-state index < -0.39 is 0 Å². The van der Waals surface area contributed by atoms with Crippen molar-refractivity contribution >= 4 is 11.8 Å². The third-order valence-electron chi connectivity index (χ3n) is 5.57. The molecule has 0 radical (unpaired) electrons. The van der Waals surface area contributed by atoms with Gasteiger partial charge >= 0.3 is 0 Å². The molecule has 2 aliphatic carbocycles. The fourth-order valence-electron chi connectivity index (χ4n) is 3.96. The van der Waals surface area contributed by atoms with E-state index in [1.54, 1.807) is 0 Å². The molecule has 1 heterocycles. The molecular formula is C17H29N3O2. The summed E-state index contributed by atoms with van der Waals surface area (Å²) >= 11 is 0. The van der Waals surface area contributed by atoms with Gasteiger partial charge in [-0.05, 0) is 51.0 Å². The number of hydrogen-bond donors (Lipinski definition) is 2. The molecule has 2 saturated carbocycles. The average molecular weight is 307 g/mol. The maximum absolute atomic E-state index is 12.6. The summed E-state index contributed by atoms with van der Waals surface area (Å²) in [4.78, 5) is 26.7. The van der Waals surface area contributed by atoms with Crippen molar-refractivity contribution in [1.29, 1.82) is 0 Å². The van der Waals surface area contributed by atoms with Gasteiger partial charge in [0.1, 0.15) is 0 Å². The number of likely N-dealkylation sites (tertiary alicyclic amines) is 1. The molecule has 124 valence electrons. The van der Waals surface area contributed by atoms with Gasteiger partial charge in [-0.25, -0.2) is 0 Å². The zero-order chi connectivity index (χ0) is 15.5. The van der Waals surface area contributed by atoms with Crippen molar-refractivity contribution < 1.29 is 9.59 Å². The van der Waals surface area contributed by atoms with E-state index in [-0.39, 0.29) is 29.7 Å². The van der Waals surface area contributed by atoms with Gasteiger partial charge in [-0.1, -0.05) is 12.8 Å². The number of rotatable bonds is 4. The molecule has 3 atom stereocenters. The van der Waals surface area contributed by atoms with Crippen LogP contribution in [0.1, 0.15) is 51.4 Å². The molecule has 0 aromatic rings. The van der Waals surface area contributed by atoms with Crippen molar-refractivity contribution in [1.82, 2.24) is 10.2 Å². The molecule has 0 spiro atoms. The normalized spacial score (nSPS) is 32.6. The van der Waals surface area contributed by atoms with E-state index in [2.05, 4.69) is 5.32 Å². The Morgan fingerprint density at radius 3 is 2.50 bits per heavy atom. The maximum Gasteiger partial charge on any atom is 0.225 e. The standard InChI is InChI=1S/C17H29N3O2/c18-10-13-4-1-2-6-15(13)19-16(21)14-5-3-9-20(11-14)17(22)12-7-8-12/h12-15H,1-11,18H2,(H,19,21). The minimum Gasteiger partial charge on any atom is -0.353 e. The van der Waals surface area contributed by atoms with Crippen LogP contribution in [-0.4, -0.2) is 42.4 Å². The molecule has 3 N–H and O–H groups in total. The molecule has 3 rings (SSSR count). The monoisotopic (exact) mass is 307 g/mol. The van der Waals surface area contributed by atoms with Gasteiger partial charge in [-0.3, -0.25) is 9.59 Å². The smallest absolute Gasteiger partial charge is 0.225 e. The van der Waals surface area contributed by atoms with Gasteiger partial charge in [0.2, 0.25) is 11.8 Å². The van der Waals surface area contributed by atoms with E-state index in [0.29, 0.717) is 19.0 Å². The second kappa shape index (κ2) is 6.99. The van der Waals surface area contributed by atoms with Gasteiger partial charge in [-0.2, -0.15) is 0 Å². The molecule has 3 aliphatic rings. The molecule has 0 bridgehead atoms. The summed E-state index contributed by atoms with van der Waals surface area (Å²) in [6.07, 6.45) is 8.49. The molecule has 0 aromatic heterocycles. The Hall–Kier alpha value is -1.10. The minimum absolute atomic E-state index is 0.0307. The SMILES string of the molecule is NCC1CCCCC1NC(=O)C1CCCN(C(=O)C2CC2)C1. The van der Waals surface area contributed by atoms with E-state index in [1.165, 1.54) is 12.8 Å². The predicted octanol–water partition coefficient (Wildman–Crippen LogP) is 1.27. The van der Waals surface area contributed by atoms with Crippen molar-refractivity contribution in [3.8, 4) is 0 Å². The molecule has 1 saturated heterocycles. The number of carbonyl (C=O) groups excluding carboxylic acids is 2. The number of amides is 2. The minimum atomic E-state index is -0.0307. The zero-order valence-electron chi connectivity index (χ0n) is 13.4. The summed E-state index contributed by atoms with van der Waals surface area (Å²) in [5, 5.41) is 3.24. The Morgan fingerprint density at radius 1 is 1.00 bits per heavy atom. The molecule has 3 unspecified atom stereocenters. The molecule has 22 heavy (non-hydrogen) atoms. The van der Waals surface area contributed by atoms with Crippen LogP contribution in [-0.2, 0) is 9.59 Å². The van der Waals surface area contributed by atoms with Gasteiger partial charge in [0.15, 0.2) is 0 Å². The summed E-state index contributed by atoms with van der Waals surface area (Å²) < 4.78 is 0. The van der Waals surface area contributed by atoms with E-state index >= 15 is 0 Å². The van der Waals surface area contributed by atoms with Crippen LogP contribution in [0.5, 0.6) is 0 Å². The molecule has 5 nitrogen and oxygen atoms in total. The summed E-state index contributed by atoms with van der Waals surface area (Å²) in [5.74, 6) is 1.05. The van der Waals surface area contributed by atoms with E-state index in [4.69, 9.17) is 5.73 Å². The highest BCUT2D eigenvalue weighted by atomic mass is 16.2. The molecule has 3 fully saturated rings. The van der Waals surface area contributed by atoms with Gasteiger partial charge in [0, 0.05) is 25.0 Å². The molecule has 0 aromatic carbocycles. The van der Waals surface area contributed by atoms with Gasteiger partial charge in [-0.15, -0.1) is 0 Å². The van der Waals surface area contributed by atoms with E-state index in [0.717, 1.165) is 45.1 Å². The first-order valence-corrected chi connectivity index (χ1v) is 8.98. The number of carbonyl (C=O) groups is 2. The highest BCUT2D eigenvalue weighted by Crippen LogP contribution is 2.32. The zero-order valence-corrected chi connectivity index (χ0v) is 13.4. The lowest BCUT2D eigenvalue weighted by Gasteiger charge is -2.35. The number of nitrogens with two attached hydrogens (primary N) is 1. The Labute approximate surface area is 133 Å². The van der Waals surface area contributed by atoms with Crippen molar-refractivity contribution in [2.75, 3.05) is 19.6 Å². The third-order valence-corrected chi connectivity index (χ3v) is 5.57. The third kappa shape index (κ3) is 3.62. The average Bonchev–Trinajstić information content (AvgIpc) is 3.39. The van der Waals surface area contributed by atoms with E-state index in [1.807, 2.05) is 4.90 Å². The fraction of sp³-hybridized carbons (Fsp3) is 0.882. The highest BCUT2D eigenvalue weighted by molar-refractivity contribution is 5.83. The largest absolute Gasteiger partial charge is 0.353 e. The van der Waals surface area contributed by atoms with Crippen LogP contribution in [0.3, 0.4) is 0 Å². The lowest BCUT2D eigenvalue weighted by atomic mass is 9.84. The van der Waals surface area contributed by atoms with Gasteiger partial charge < -0.3 is 16.0 Å². The first-order chi connectivity index (χ1) is 10.7. The quantitative estimate of drug-likeness (QED) is 0.821. The summed E-state index contributed by atoms with van der Waals surface area (Å²) in [6, 6.07) is 0.237. The van der Waals surface area contributed by atoms with Crippen LogP contribution in [0.25, 0.3) is 0 Å². The number of piperidine rings is 1. The summed E-state index contributed by atoms with van der Waals surface area (Å²) in [7, 11) is 0. The summed E-state index contributed by atoms with van der Waals surface area (Å²) in [6.45, 7) is 2.09. The molecule has 5 heteroatoms. The van der Waals surface area contributed by atoms with Crippen LogP contribution >= 0.6 is 0 Å². The van der Waals surface area contributed by atoms with Crippen molar-refractivity contribution in [2.45, 2.75) is 57.4 Å². The second-order valence-corrected chi connectivity index (χ2v) is 7.29. The van der Waals surface area contributed by atoms with E-state index in [9.17, 15) is 9.59 Å². The van der Waals surface area contributed by atoms with Crippen LogP contribution in [0.4, 0.5) is 0 Å².